The summed E-state index contributed by atoms with van der Waals surface area (Å²) < 4.78 is 6.08. The molecule has 0 aliphatic carbocycles. The van der Waals surface area contributed by atoms with Crippen molar-refractivity contribution < 1.29 is 33.8 Å². The van der Waals surface area contributed by atoms with Gasteiger partial charge in [0.25, 0.3) is 0 Å². The molecule has 1 aliphatic heterocycles. The van der Waals surface area contributed by atoms with Crippen LogP contribution in [0.25, 0.3) is 0 Å². The number of rotatable bonds is 23. The zero-order valence-corrected chi connectivity index (χ0v) is 34.3. The highest BCUT2D eigenvalue weighted by Crippen LogP contribution is 2.28. The number of amides is 6. The lowest BCUT2D eigenvalue weighted by molar-refractivity contribution is -0.129. The van der Waals surface area contributed by atoms with E-state index in [9.17, 15) is 29.1 Å². The number of aliphatic imine (C=N–C) groups is 1. The molecule has 17 heteroatoms. The van der Waals surface area contributed by atoms with Crippen molar-refractivity contribution in [2.24, 2.45) is 10.7 Å². The van der Waals surface area contributed by atoms with E-state index < -0.39 is 29.8 Å². The van der Waals surface area contributed by atoms with Crippen molar-refractivity contribution in [3.8, 4) is 11.5 Å². The van der Waals surface area contributed by atoms with Gasteiger partial charge in [0.15, 0.2) is 5.96 Å². The summed E-state index contributed by atoms with van der Waals surface area (Å²) in [7, 11) is 0. The number of aromatic hydroxyl groups is 1. The molecular weight excluding hydrogens is 769 g/mol. The lowest BCUT2D eigenvalue weighted by atomic mass is 9.90. The Hall–Kier alpha value is -6.20. The van der Waals surface area contributed by atoms with Crippen molar-refractivity contribution in [2.75, 3.05) is 65.5 Å². The number of hydrogen-bond donors (Lipinski definition) is 9. The Morgan fingerprint density at radius 1 is 0.817 bits per heavy atom. The molecular formula is C43H60N10O7. The molecule has 3 aromatic rings. The summed E-state index contributed by atoms with van der Waals surface area (Å²) in [6.45, 7) is 7.43. The van der Waals surface area contributed by atoms with Crippen LogP contribution in [0.4, 0.5) is 4.79 Å². The molecule has 0 radical (unpaired) electrons. The number of phenolic OH excluding ortho intramolecular Hbond substituents is 1. The molecule has 2 unspecified atom stereocenters. The van der Waals surface area contributed by atoms with Gasteiger partial charge < -0.3 is 47.5 Å². The molecule has 1 heterocycles. The minimum atomic E-state index is -0.955. The molecule has 6 amide bonds. The normalized spacial score (nSPS) is 13.9. The first-order valence-corrected chi connectivity index (χ1v) is 20.6. The maximum absolute atomic E-state index is 14.3. The number of benzene rings is 3. The molecule has 3 aromatic carbocycles. The molecule has 10 N–H and O–H groups in total. The summed E-state index contributed by atoms with van der Waals surface area (Å²) in [5, 5.41) is 29.5. The third-order valence-electron chi connectivity index (χ3n) is 9.59. The number of nitrogens with one attached hydrogen (secondary N) is 7. The second kappa shape index (κ2) is 26.0. The third kappa shape index (κ3) is 17.3. The van der Waals surface area contributed by atoms with Crippen LogP contribution in [0.15, 0.2) is 83.9 Å². The fourth-order valence-corrected chi connectivity index (χ4v) is 6.35. The van der Waals surface area contributed by atoms with Gasteiger partial charge >= 0.3 is 6.03 Å². The van der Waals surface area contributed by atoms with Crippen LogP contribution in [0.2, 0.25) is 0 Å². The molecule has 324 valence electrons. The Bertz CT molecular complexity index is 1840. The maximum atomic E-state index is 14.3. The smallest absolute Gasteiger partial charge is 0.321 e. The largest absolute Gasteiger partial charge is 0.508 e. The second-order valence-corrected chi connectivity index (χ2v) is 14.3. The number of nitrogens with two attached hydrogens (primary N) is 1. The topological polar surface area (TPSA) is 241 Å². The number of ether oxygens (including phenoxy) is 1. The monoisotopic (exact) mass is 828 g/mol. The van der Waals surface area contributed by atoms with E-state index in [0.29, 0.717) is 43.9 Å². The van der Waals surface area contributed by atoms with Gasteiger partial charge in [-0.05, 0) is 66.6 Å². The molecule has 2 atom stereocenters. The molecule has 1 aliphatic rings. The van der Waals surface area contributed by atoms with Gasteiger partial charge in [0.05, 0.1) is 19.1 Å². The van der Waals surface area contributed by atoms with Gasteiger partial charge in [-0.1, -0.05) is 61.5 Å². The minimum absolute atomic E-state index is 0.0213. The average Bonchev–Trinajstić information content (AvgIpc) is 3.25. The summed E-state index contributed by atoms with van der Waals surface area (Å²) >= 11 is 0. The van der Waals surface area contributed by atoms with Crippen LogP contribution >= 0.6 is 0 Å². The van der Waals surface area contributed by atoms with Gasteiger partial charge in [0, 0.05) is 65.3 Å². The Morgan fingerprint density at radius 2 is 1.53 bits per heavy atom. The number of hydrogen-bond acceptors (Lipinski definition) is 10. The third-order valence-corrected chi connectivity index (χ3v) is 9.59. The Morgan fingerprint density at radius 3 is 2.28 bits per heavy atom. The van der Waals surface area contributed by atoms with Crippen LogP contribution in [-0.2, 0) is 25.7 Å². The average molecular weight is 829 g/mol. The van der Waals surface area contributed by atoms with Gasteiger partial charge in [0.2, 0.25) is 23.6 Å². The van der Waals surface area contributed by atoms with Crippen molar-refractivity contribution in [1.29, 1.82) is 0 Å². The van der Waals surface area contributed by atoms with Crippen LogP contribution < -0.4 is 47.7 Å². The zero-order valence-electron chi connectivity index (χ0n) is 34.3. The number of urea groups is 1. The van der Waals surface area contributed by atoms with Crippen molar-refractivity contribution in [3.05, 3.63) is 95.6 Å². The first kappa shape index (κ1) is 46.5. The maximum Gasteiger partial charge on any atom is 0.321 e. The fraction of sp³-hybridized carbons (Fsp3) is 0.442. The summed E-state index contributed by atoms with van der Waals surface area (Å²) in [4.78, 5) is 70.2. The predicted molar refractivity (Wildman–Crippen MR) is 229 cm³/mol. The molecule has 0 aromatic heterocycles. The summed E-state index contributed by atoms with van der Waals surface area (Å²) in [5.41, 5.74) is 8.07. The molecule has 4 rings (SSSR count). The van der Waals surface area contributed by atoms with E-state index in [4.69, 9.17) is 10.5 Å². The highest BCUT2D eigenvalue weighted by molar-refractivity contribution is 5.95. The molecule has 0 saturated carbocycles. The van der Waals surface area contributed by atoms with Gasteiger partial charge in [0.1, 0.15) is 17.5 Å². The second-order valence-electron chi connectivity index (χ2n) is 14.3. The quantitative estimate of drug-likeness (QED) is 0.0379. The molecule has 1 fully saturated rings. The van der Waals surface area contributed by atoms with Crippen LogP contribution in [0.3, 0.4) is 0 Å². The highest BCUT2D eigenvalue weighted by atomic mass is 16.5. The van der Waals surface area contributed by atoms with Crippen molar-refractivity contribution in [1.82, 2.24) is 42.1 Å². The number of carbonyl (C=O) groups is 5. The summed E-state index contributed by atoms with van der Waals surface area (Å²) in [5.74, 6) is -1.12. The van der Waals surface area contributed by atoms with Crippen LogP contribution in [0, 0.1) is 0 Å². The molecule has 0 spiro atoms. The van der Waals surface area contributed by atoms with Crippen molar-refractivity contribution in [3.63, 3.8) is 0 Å². The standard InChI is InChI=1S/C43H60N10O7/c1-2-37(55)47-21-22-49-43(59)52-42(44)48-20-9-14-36(40(57)50-29-31-15-17-34(54)18-16-31)51-41(58)39(32-10-4-3-5-11-32)33-12-8-13-35(28-33)60-27-7-6-19-46-38(56)30-53-25-23-45-24-26-53/h3-5,8,10-13,15-18,28,36,39,45,54H,2,6-7,9,14,19-27,29-30H2,1H3,(H,46,56)(H,47,55)(H,50,57)(H,51,58)(H4,44,48,49,52,59). The number of carbonyl (C=O) groups excluding carboxylic acids is 5. The van der Waals surface area contributed by atoms with Gasteiger partial charge in [-0.25, -0.2) is 4.79 Å². The number of phenols is 1. The SMILES string of the molecule is CCC(=O)NCCNC(=O)NC(N)=NCCCC(NC(=O)C(c1ccccc1)c1cccc(OCCCCNC(=O)CN2CCNCC2)c1)C(=O)NCc1ccc(O)cc1. The van der Waals surface area contributed by atoms with Crippen LogP contribution in [-0.4, -0.2) is 117 Å². The zero-order chi connectivity index (χ0) is 43.0. The number of unbranched alkanes of at least 4 members (excludes halogenated alkanes) is 1. The van der Waals surface area contributed by atoms with Gasteiger partial charge in [-0.3, -0.25) is 34.4 Å². The van der Waals surface area contributed by atoms with E-state index in [2.05, 4.69) is 47.1 Å². The predicted octanol–water partition coefficient (Wildman–Crippen LogP) is 1.43. The van der Waals surface area contributed by atoms with E-state index in [1.807, 2.05) is 54.6 Å². The van der Waals surface area contributed by atoms with E-state index in [0.717, 1.165) is 50.1 Å². The molecule has 17 nitrogen and oxygen atoms in total. The Labute approximate surface area is 351 Å². The Balaban J connectivity index is 1.36. The first-order chi connectivity index (χ1) is 29.1. The highest BCUT2D eigenvalue weighted by Gasteiger charge is 2.28. The van der Waals surface area contributed by atoms with Gasteiger partial charge in [-0.15, -0.1) is 0 Å². The molecule has 0 bridgehead atoms. The lowest BCUT2D eigenvalue weighted by Gasteiger charge is -2.26. The number of nitrogens with zero attached hydrogens (tertiary/aromatic N) is 2. The van der Waals surface area contributed by atoms with Crippen molar-refractivity contribution in [2.45, 2.75) is 57.5 Å². The van der Waals surface area contributed by atoms with E-state index in [1.54, 1.807) is 19.1 Å². The Kier molecular flexibility index (Phi) is 20.2. The lowest BCUT2D eigenvalue weighted by Crippen LogP contribution is -2.48. The number of guanidine groups is 1. The van der Waals surface area contributed by atoms with Crippen molar-refractivity contribution >= 4 is 35.6 Å². The molecule has 60 heavy (non-hydrogen) atoms. The van der Waals surface area contributed by atoms with Crippen LogP contribution in [0.5, 0.6) is 11.5 Å². The minimum Gasteiger partial charge on any atom is -0.508 e. The fourth-order valence-electron chi connectivity index (χ4n) is 6.35. The number of piperazine rings is 1. The summed E-state index contributed by atoms with van der Waals surface area (Å²) in [6.07, 6.45) is 2.36. The van der Waals surface area contributed by atoms with E-state index in [-0.39, 0.29) is 56.1 Å². The summed E-state index contributed by atoms with van der Waals surface area (Å²) in [6, 6.07) is 21.5. The van der Waals surface area contributed by atoms with Crippen LogP contribution in [0.1, 0.15) is 61.6 Å². The first-order valence-electron chi connectivity index (χ1n) is 20.6. The van der Waals surface area contributed by atoms with E-state index in [1.165, 1.54) is 12.1 Å². The van der Waals surface area contributed by atoms with Gasteiger partial charge in [-0.2, -0.15) is 0 Å². The molecule has 1 saturated heterocycles. The van der Waals surface area contributed by atoms with E-state index >= 15 is 0 Å².